The third-order valence-corrected chi connectivity index (χ3v) is 5.47. The van der Waals surface area contributed by atoms with Crippen molar-refractivity contribution < 1.29 is 9.53 Å². The van der Waals surface area contributed by atoms with Crippen molar-refractivity contribution in [1.29, 1.82) is 0 Å². The second-order valence-corrected chi connectivity index (χ2v) is 7.39. The first kappa shape index (κ1) is 17.3. The Kier molecular flexibility index (Phi) is 5.43. The first-order valence-electron chi connectivity index (χ1n) is 8.44. The molecule has 0 radical (unpaired) electrons. The fraction of sp³-hybridized carbons (Fsp3) is 0.556. The Hall–Kier alpha value is -1.56. The Morgan fingerprint density at radius 1 is 1.29 bits per heavy atom. The van der Waals surface area contributed by atoms with Crippen LogP contribution in [0.15, 0.2) is 33.7 Å². The summed E-state index contributed by atoms with van der Waals surface area (Å²) in [7, 11) is 3.29. The second kappa shape index (κ2) is 7.55. The van der Waals surface area contributed by atoms with E-state index in [1.165, 1.54) is 12.7 Å². The molecule has 1 heterocycles. The fourth-order valence-electron chi connectivity index (χ4n) is 3.39. The van der Waals surface area contributed by atoms with Gasteiger partial charge in [0, 0.05) is 36.6 Å². The van der Waals surface area contributed by atoms with Crippen LogP contribution in [0.5, 0.6) is 0 Å². The Balaban J connectivity index is 1.52. The molecule has 1 saturated heterocycles. The first-order valence-corrected chi connectivity index (χ1v) is 9.23. The molecule has 1 aromatic carbocycles. The molecule has 6 heteroatoms. The average molecular weight is 394 g/mol. The number of hydrogen-bond donors (Lipinski definition) is 1. The van der Waals surface area contributed by atoms with Crippen LogP contribution in [-0.2, 0) is 9.53 Å². The molecular formula is C18H24BrN3O2. The van der Waals surface area contributed by atoms with Gasteiger partial charge in [-0.05, 0) is 37.0 Å². The summed E-state index contributed by atoms with van der Waals surface area (Å²) >= 11 is 3.48. The Bertz CT molecular complexity index is 609. The summed E-state index contributed by atoms with van der Waals surface area (Å²) in [6, 6.07) is 9.00. The lowest BCUT2D eigenvalue weighted by molar-refractivity contribution is -0.146. The minimum atomic E-state index is -0.0879. The number of benzene rings is 1. The van der Waals surface area contributed by atoms with Crippen LogP contribution in [0.1, 0.15) is 30.7 Å². The number of carbonyl (C=O) groups is 1. The maximum absolute atomic E-state index is 11.6. The van der Waals surface area contributed by atoms with Gasteiger partial charge >= 0.3 is 5.97 Å². The van der Waals surface area contributed by atoms with Gasteiger partial charge in [-0.15, -0.1) is 0 Å². The van der Waals surface area contributed by atoms with Crippen LogP contribution >= 0.6 is 15.9 Å². The lowest BCUT2D eigenvalue weighted by Crippen LogP contribution is -2.47. The van der Waals surface area contributed by atoms with Crippen LogP contribution < -0.4 is 5.32 Å². The third kappa shape index (κ3) is 3.91. The third-order valence-electron chi connectivity index (χ3n) is 4.94. The zero-order chi connectivity index (χ0) is 17.1. The van der Waals surface area contributed by atoms with E-state index in [9.17, 15) is 4.79 Å². The van der Waals surface area contributed by atoms with E-state index in [1.807, 2.05) is 7.05 Å². The minimum absolute atomic E-state index is 0.0285. The lowest BCUT2D eigenvalue weighted by atomic mass is 9.97. The standard InChI is InChI=1S/C18H24BrN3O2/c1-20-18(22-9-7-13(8-10-22)17(23)24-2)21-16-11-15(16)12-3-5-14(19)6-4-12/h3-6,13,15-16H,7-11H2,1-2H3,(H,20,21). The number of hydrogen-bond acceptors (Lipinski definition) is 3. The molecule has 3 rings (SSSR count). The van der Waals surface area contributed by atoms with Gasteiger partial charge in [-0.25, -0.2) is 0 Å². The highest BCUT2D eigenvalue weighted by molar-refractivity contribution is 9.10. The number of rotatable bonds is 3. The summed E-state index contributed by atoms with van der Waals surface area (Å²) in [6.07, 6.45) is 2.79. The van der Waals surface area contributed by atoms with E-state index in [-0.39, 0.29) is 11.9 Å². The van der Waals surface area contributed by atoms with Gasteiger partial charge in [0.25, 0.3) is 0 Å². The Labute approximate surface area is 151 Å². The molecular weight excluding hydrogens is 370 g/mol. The van der Waals surface area contributed by atoms with E-state index < -0.39 is 0 Å². The predicted molar refractivity (Wildman–Crippen MR) is 98.1 cm³/mol. The van der Waals surface area contributed by atoms with Crippen molar-refractivity contribution in [2.75, 3.05) is 27.2 Å². The molecule has 2 fully saturated rings. The molecule has 1 N–H and O–H groups in total. The molecule has 130 valence electrons. The maximum atomic E-state index is 11.6. The van der Waals surface area contributed by atoms with Crippen LogP contribution in [0.3, 0.4) is 0 Å². The summed E-state index contributed by atoms with van der Waals surface area (Å²) in [5.74, 6) is 1.45. The van der Waals surface area contributed by atoms with Gasteiger partial charge < -0.3 is 15.0 Å². The fourth-order valence-corrected chi connectivity index (χ4v) is 3.65. The van der Waals surface area contributed by atoms with Gasteiger partial charge in [-0.2, -0.15) is 0 Å². The Morgan fingerprint density at radius 2 is 1.96 bits per heavy atom. The highest BCUT2D eigenvalue weighted by Crippen LogP contribution is 2.41. The summed E-state index contributed by atoms with van der Waals surface area (Å²) in [4.78, 5) is 18.3. The van der Waals surface area contributed by atoms with Gasteiger partial charge in [0.2, 0.25) is 0 Å². The molecule has 2 atom stereocenters. The van der Waals surface area contributed by atoms with Crippen molar-refractivity contribution in [3.63, 3.8) is 0 Å². The van der Waals surface area contributed by atoms with Crippen molar-refractivity contribution in [3.05, 3.63) is 34.3 Å². The lowest BCUT2D eigenvalue weighted by Gasteiger charge is -2.33. The number of likely N-dealkylation sites (tertiary alicyclic amines) is 1. The van der Waals surface area contributed by atoms with Crippen LogP contribution in [-0.4, -0.2) is 50.1 Å². The molecule has 2 unspecified atom stereocenters. The van der Waals surface area contributed by atoms with Gasteiger partial charge in [0.15, 0.2) is 5.96 Å². The van der Waals surface area contributed by atoms with Gasteiger partial charge in [-0.1, -0.05) is 28.1 Å². The number of nitrogens with zero attached hydrogens (tertiary/aromatic N) is 2. The number of esters is 1. The number of methoxy groups -OCH3 is 1. The van der Waals surface area contributed by atoms with Gasteiger partial charge in [0.1, 0.15) is 0 Å². The van der Waals surface area contributed by atoms with Crippen LogP contribution in [0.25, 0.3) is 0 Å². The number of ether oxygens (including phenoxy) is 1. The Morgan fingerprint density at radius 3 is 2.54 bits per heavy atom. The van der Waals surface area contributed by atoms with Crippen molar-refractivity contribution in [1.82, 2.24) is 10.2 Å². The molecule has 1 aliphatic carbocycles. The molecule has 2 aliphatic rings. The van der Waals surface area contributed by atoms with Crippen molar-refractivity contribution in [2.45, 2.75) is 31.2 Å². The van der Waals surface area contributed by atoms with Crippen molar-refractivity contribution in [2.24, 2.45) is 10.9 Å². The minimum Gasteiger partial charge on any atom is -0.469 e. The molecule has 1 aliphatic heterocycles. The smallest absolute Gasteiger partial charge is 0.308 e. The molecule has 1 aromatic rings. The van der Waals surface area contributed by atoms with E-state index in [4.69, 9.17) is 4.74 Å². The van der Waals surface area contributed by atoms with Crippen LogP contribution in [0.4, 0.5) is 0 Å². The molecule has 0 amide bonds. The SMILES string of the molecule is CN=C(NC1CC1c1ccc(Br)cc1)N1CCC(C(=O)OC)CC1. The molecule has 0 bridgehead atoms. The highest BCUT2D eigenvalue weighted by atomic mass is 79.9. The van der Waals surface area contributed by atoms with Crippen molar-refractivity contribution in [3.8, 4) is 0 Å². The van der Waals surface area contributed by atoms with Gasteiger partial charge in [-0.3, -0.25) is 9.79 Å². The number of nitrogens with one attached hydrogen (secondary N) is 1. The number of aliphatic imine (C=N–C) groups is 1. The van der Waals surface area contributed by atoms with Crippen LogP contribution in [0, 0.1) is 5.92 Å². The molecule has 0 spiro atoms. The monoisotopic (exact) mass is 393 g/mol. The predicted octanol–water partition coefficient (Wildman–Crippen LogP) is 2.77. The topological polar surface area (TPSA) is 53.9 Å². The largest absolute Gasteiger partial charge is 0.469 e. The highest BCUT2D eigenvalue weighted by Gasteiger charge is 2.40. The number of guanidine groups is 1. The quantitative estimate of drug-likeness (QED) is 0.487. The number of carbonyl (C=O) groups excluding carboxylic acids is 1. The normalized spacial score (nSPS) is 24.6. The summed E-state index contributed by atoms with van der Waals surface area (Å²) in [6.45, 7) is 1.68. The van der Waals surface area contributed by atoms with E-state index in [0.29, 0.717) is 12.0 Å². The molecule has 0 aromatic heterocycles. The number of halogens is 1. The second-order valence-electron chi connectivity index (χ2n) is 6.48. The zero-order valence-electron chi connectivity index (χ0n) is 14.2. The summed E-state index contributed by atoms with van der Waals surface area (Å²) in [5.41, 5.74) is 1.37. The summed E-state index contributed by atoms with van der Waals surface area (Å²) < 4.78 is 5.96. The molecule has 1 saturated carbocycles. The van der Waals surface area contributed by atoms with E-state index in [0.717, 1.165) is 42.8 Å². The maximum Gasteiger partial charge on any atom is 0.308 e. The van der Waals surface area contributed by atoms with Gasteiger partial charge in [0.05, 0.1) is 13.0 Å². The summed E-state index contributed by atoms with van der Waals surface area (Å²) in [5, 5.41) is 3.58. The van der Waals surface area contributed by atoms with E-state index in [2.05, 4.69) is 55.4 Å². The number of piperidine rings is 1. The average Bonchev–Trinajstić information content (AvgIpc) is 3.39. The molecule has 5 nitrogen and oxygen atoms in total. The molecule has 24 heavy (non-hydrogen) atoms. The first-order chi connectivity index (χ1) is 11.6. The van der Waals surface area contributed by atoms with E-state index in [1.54, 1.807) is 0 Å². The van der Waals surface area contributed by atoms with E-state index >= 15 is 0 Å². The zero-order valence-corrected chi connectivity index (χ0v) is 15.8. The van der Waals surface area contributed by atoms with Crippen molar-refractivity contribution >= 4 is 27.9 Å². The van der Waals surface area contributed by atoms with Crippen LogP contribution in [0.2, 0.25) is 0 Å².